The Kier molecular flexibility index (Phi) is 3.25. The van der Waals surface area contributed by atoms with E-state index in [0.29, 0.717) is 16.4 Å². The van der Waals surface area contributed by atoms with Crippen molar-refractivity contribution in [2.75, 3.05) is 0 Å². The van der Waals surface area contributed by atoms with Gasteiger partial charge in [0.2, 0.25) is 0 Å². The first-order chi connectivity index (χ1) is 9.95. The second-order valence-corrected chi connectivity index (χ2v) is 5.09. The first kappa shape index (κ1) is 13.8. The van der Waals surface area contributed by atoms with Crippen molar-refractivity contribution in [3.05, 3.63) is 68.2 Å². The summed E-state index contributed by atoms with van der Waals surface area (Å²) in [4.78, 5) is 16.2. The molecule has 3 rings (SSSR count). The molecule has 1 N–H and O–H groups in total. The molecular weight excluding hydrogens is 300 g/mol. The van der Waals surface area contributed by atoms with Crippen LogP contribution in [-0.4, -0.2) is 14.6 Å². The summed E-state index contributed by atoms with van der Waals surface area (Å²) in [5.41, 5.74) is 0.977. The van der Waals surface area contributed by atoms with Crippen molar-refractivity contribution >= 4 is 17.2 Å². The Morgan fingerprint density at radius 2 is 2.10 bits per heavy atom. The second-order valence-electron chi connectivity index (χ2n) is 4.71. The maximum atomic E-state index is 13.6. The molecule has 2 heterocycles. The van der Waals surface area contributed by atoms with Crippen LogP contribution in [0.3, 0.4) is 0 Å². The third-order valence-electron chi connectivity index (χ3n) is 3.16. The standard InChI is InChI=1S/C14H10ClF2N3O/c1-7-13(15)14-18-10(6-12(21)20(14)19-7)5-8-4-9(16)2-3-11(8)17/h2-4,6,19H,5H2,1H3. The van der Waals surface area contributed by atoms with E-state index in [-0.39, 0.29) is 23.2 Å². The zero-order valence-electron chi connectivity index (χ0n) is 11.0. The quantitative estimate of drug-likeness (QED) is 0.791. The van der Waals surface area contributed by atoms with Gasteiger partial charge in [-0.2, -0.15) is 4.52 Å². The van der Waals surface area contributed by atoms with Gasteiger partial charge in [-0.05, 0) is 30.7 Å². The number of H-pyrrole nitrogens is 1. The lowest BCUT2D eigenvalue weighted by Crippen LogP contribution is -2.16. The molecular formula is C14H10ClF2N3O. The first-order valence-electron chi connectivity index (χ1n) is 6.16. The van der Waals surface area contributed by atoms with Gasteiger partial charge in [0.25, 0.3) is 5.56 Å². The number of hydrogen-bond acceptors (Lipinski definition) is 2. The van der Waals surface area contributed by atoms with Crippen LogP contribution in [0.25, 0.3) is 5.65 Å². The van der Waals surface area contributed by atoms with Gasteiger partial charge < -0.3 is 0 Å². The Hall–Kier alpha value is -2.21. The van der Waals surface area contributed by atoms with E-state index in [1.54, 1.807) is 6.92 Å². The number of halogens is 3. The topological polar surface area (TPSA) is 50.2 Å². The number of nitrogens with one attached hydrogen (secondary N) is 1. The number of aryl methyl sites for hydroxylation is 1. The van der Waals surface area contributed by atoms with E-state index < -0.39 is 11.6 Å². The smallest absolute Gasteiger partial charge is 0.272 e. The molecule has 1 aromatic carbocycles. The summed E-state index contributed by atoms with van der Waals surface area (Å²) in [6.07, 6.45) is 0.00981. The molecule has 4 nitrogen and oxygen atoms in total. The van der Waals surface area contributed by atoms with Gasteiger partial charge in [0.15, 0.2) is 5.65 Å². The highest BCUT2D eigenvalue weighted by atomic mass is 35.5. The number of rotatable bonds is 2. The van der Waals surface area contributed by atoms with Crippen LogP contribution in [0.2, 0.25) is 5.02 Å². The van der Waals surface area contributed by atoms with E-state index >= 15 is 0 Å². The van der Waals surface area contributed by atoms with E-state index in [0.717, 1.165) is 18.2 Å². The van der Waals surface area contributed by atoms with Crippen LogP contribution in [0.1, 0.15) is 17.0 Å². The summed E-state index contributed by atoms with van der Waals surface area (Å²) in [6.45, 7) is 1.71. The van der Waals surface area contributed by atoms with Crippen molar-refractivity contribution in [1.82, 2.24) is 14.6 Å². The van der Waals surface area contributed by atoms with Crippen molar-refractivity contribution in [2.24, 2.45) is 0 Å². The fraction of sp³-hybridized carbons (Fsp3) is 0.143. The molecule has 0 unspecified atom stereocenters. The summed E-state index contributed by atoms with van der Waals surface area (Å²) in [7, 11) is 0. The largest absolute Gasteiger partial charge is 0.292 e. The van der Waals surface area contributed by atoms with Crippen molar-refractivity contribution in [2.45, 2.75) is 13.3 Å². The first-order valence-corrected chi connectivity index (χ1v) is 6.54. The number of aromatic amines is 1. The van der Waals surface area contributed by atoms with Gasteiger partial charge in [0.1, 0.15) is 16.7 Å². The van der Waals surface area contributed by atoms with Gasteiger partial charge in [0, 0.05) is 12.5 Å². The van der Waals surface area contributed by atoms with Gasteiger partial charge in [-0.3, -0.25) is 9.89 Å². The van der Waals surface area contributed by atoms with Crippen LogP contribution in [0.5, 0.6) is 0 Å². The van der Waals surface area contributed by atoms with Crippen LogP contribution in [0.4, 0.5) is 8.78 Å². The van der Waals surface area contributed by atoms with Crippen molar-refractivity contribution in [1.29, 1.82) is 0 Å². The van der Waals surface area contributed by atoms with Gasteiger partial charge in [-0.1, -0.05) is 11.6 Å². The molecule has 0 saturated carbocycles. The number of aromatic nitrogens is 3. The van der Waals surface area contributed by atoms with Crippen molar-refractivity contribution in [3.8, 4) is 0 Å². The van der Waals surface area contributed by atoms with Gasteiger partial charge in [0.05, 0.1) is 11.4 Å². The molecule has 0 saturated heterocycles. The second kappa shape index (κ2) is 4.96. The van der Waals surface area contributed by atoms with Gasteiger partial charge in [-0.25, -0.2) is 13.8 Å². The number of benzene rings is 1. The lowest BCUT2D eigenvalue weighted by atomic mass is 10.1. The molecule has 0 aliphatic rings. The third kappa shape index (κ3) is 2.42. The monoisotopic (exact) mass is 309 g/mol. The lowest BCUT2D eigenvalue weighted by molar-refractivity contribution is 0.588. The summed E-state index contributed by atoms with van der Waals surface area (Å²) in [6, 6.07) is 4.44. The normalized spacial score (nSPS) is 11.2. The molecule has 21 heavy (non-hydrogen) atoms. The molecule has 0 radical (unpaired) electrons. The predicted molar refractivity (Wildman–Crippen MR) is 74.7 cm³/mol. The Balaban J connectivity index is 2.11. The Bertz CT molecular complexity index is 901. The van der Waals surface area contributed by atoms with E-state index in [9.17, 15) is 13.6 Å². The van der Waals surface area contributed by atoms with Crippen LogP contribution < -0.4 is 5.56 Å². The van der Waals surface area contributed by atoms with E-state index in [1.165, 1.54) is 10.6 Å². The van der Waals surface area contributed by atoms with Gasteiger partial charge >= 0.3 is 0 Å². The Labute approximate surface area is 123 Å². The van der Waals surface area contributed by atoms with Crippen LogP contribution in [0.15, 0.2) is 29.1 Å². The molecule has 0 fully saturated rings. The maximum Gasteiger partial charge on any atom is 0.272 e. The SMILES string of the molecule is Cc1[nH]n2c(=O)cc(Cc3cc(F)ccc3F)nc2c1Cl. The fourth-order valence-corrected chi connectivity index (χ4v) is 2.30. The van der Waals surface area contributed by atoms with Crippen LogP contribution in [-0.2, 0) is 6.42 Å². The number of fused-ring (bicyclic) bond motifs is 1. The van der Waals surface area contributed by atoms with Gasteiger partial charge in [-0.15, -0.1) is 0 Å². The molecule has 0 amide bonds. The molecule has 108 valence electrons. The minimum absolute atomic E-state index is 0.00981. The molecule has 7 heteroatoms. The minimum Gasteiger partial charge on any atom is -0.292 e. The average molecular weight is 310 g/mol. The fourth-order valence-electron chi connectivity index (χ4n) is 2.13. The highest BCUT2D eigenvalue weighted by Crippen LogP contribution is 2.19. The molecule has 3 aromatic rings. The van der Waals surface area contributed by atoms with Crippen molar-refractivity contribution < 1.29 is 8.78 Å². The molecule has 0 bridgehead atoms. The van der Waals surface area contributed by atoms with Crippen LogP contribution in [0, 0.1) is 18.6 Å². The molecule has 0 spiro atoms. The third-order valence-corrected chi connectivity index (χ3v) is 3.61. The zero-order chi connectivity index (χ0) is 15.1. The summed E-state index contributed by atoms with van der Waals surface area (Å²) >= 11 is 6.06. The highest BCUT2D eigenvalue weighted by molar-refractivity contribution is 6.34. The molecule has 2 aromatic heterocycles. The summed E-state index contributed by atoms with van der Waals surface area (Å²) in [5, 5.41) is 3.11. The Morgan fingerprint density at radius 1 is 1.33 bits per heavy atom. The summed E-state index contributed by atoms with van der Waals surface area (Å²) < 4.78 is 28.0. The number of hydrogen-bond donors (Lipinski definition) is 1. The van der Waals surface area contributed by atoms with E-state index in [4.69, 9.17) is 11.6 Å². The number of nitrogens with zero attached hydrogens (tertiary/aromatic N) is 2. The molecule has 0 aliphatic heterocycles. The zero-order valence-corrected chi connectivity index (χ0v) is 11.7. The maximum absolute atomic E-state index is 13.6. The summed E-state index contributed by atoms with van der Waals surface area (Å²) in [5.74, 6) is -1.09. The lowest BCUT2D eigenvalue weighted by Gasteiger charge is -2.03. The minimum atomic E-state index is -0.547. The van der Waals surface area contributed by atoms with Crippen molar-refractivity contribution in [3.63, 3.8) is 0 Å². The highest BCUT2D eigenvalue weighted by Gasteiger charge is 2.12. The molecule has 0 aliphatic carbocycles. The van der Waals surface area contributed by atoms with E-state index in [1.807, 2.05) is 0 Å². The Morgan fingerprint density at radius 3 is 2.86 bits per heavy atom. The van der Waals surface area contributed by atoms with E-state index in [2.05, 4.69) is 10.1 Å². The average Bonchev–Trinajstić information content (AvgIpc) is 2.71. The molecule has 0 atom stereocenters. The predicted octanol–water partition coefficient (Wildman–Crippen LogP) is 2.85. The van der Waals surface area contributed by atoms with Crippen LogP contribution >= 0.6 is 11.6 Å².